The third-order valence-electron chi connectivity index (χ3n) is 4.78. The van der Waals surface area contributed by atoms with Crippen LogP contribution in [0.3, 0.4) is 0 Å². The molecule has 1 fully saturated rings. The fraction of sp³-hybridized carbons (Fsp3) is 0.611. The highest BCUT2D eigenvalue weighted by molar-refractivity contribution is 5.85. The van der Waals surface area contributed by atoms with E-state index in [1.807, 2.05) is 18.2 Å². The number of nitrogens with one attached hydrogen (secondary N) is 1. The molecule has 1 saturated heterocycles. The number of amides is 1. The highest BCUT2D eigenvalue weighted by atomic mass is 35.5. The first-order valence-corrected chi connectivity index (χ1v) is 8.20. The van der Waals surface area contributed by atoms with E-state index < -0.39 is 0 Å². The van der Waals surface area contributed by atoms with Gasteiger partial charge in [-0.1, -0.05) is 51.1 Å². The Hall–Kier alpha value is -1.10. The molecule has 0 aliphatic carbocycles. The smallest absolute Gasteiger partial charge is 0.249 e. The van der Waals surface area contributed by atoms with Gasteiger partial charge in [0.05, 0.1) is 6.10 Å². The molecule has 3 N–H and O–H groups in total. The van der Waals surface area contributed by atoms with Gasteiger partial charge < -0.3 is 15.8 Å². The van der Waals surface area contributed by atoms with Gasteiger partial charge in [0.1, 0.15) is 6.10 Å². The molecule has 1 aromatic rings. The average molecular weight is 341 g/mol. The molecular formula is C18H29ClN2O2. The number of carbonyl (C=O) groups excluding carboxylic acids is 1. The number of carbonyl (C=O) groups is 1. The van der Waals surface area contributed by atoms with Crippen LogP contribution in [0.2, 0.25) is 0 Å². The van der Waals surface area contributed by atoms with Gasteiger partial charge in [-0.05, 0) is 24.8 Å². The van der Waals surface area contributed by atoms with Crippen molar-refractivity contribution in [2.24, 2.45) is 5.73 Å². The van der Waals surface area contributed by atoms with E-state index >= 15 is 0 Å². The maximum atomic E-state index is 12.5. The zero-order valence-corrected chi connectivity index (χ0v) is 15.1. The van der Waals surface area contributed by atoms with Gasteiger partial charge >= 0.3 is 0 Å². The molecule has 3 atom stereocenters. The number of rotatable bonds is 6. The Balaban J connectivity index is 0.00000264. The second kappa shape index (κ2) is 8.67. The van der Waals surface area contributed by atoms with Gasteiger partial charge in [0.15, 0.2) is 0 Å². The maximum Gasteiger partial charge on any atom is 0.249 e. The number of nitrogens with two attached hydrogens (primary N) is 1. The van der Waals surface area contributed by atoms with Crippen LogP contribution in [-0.2, 0) is 14.9 Å². The number of hydrogen-bond acceptors (Lipinski definition) is 3. The second-order valence-corrected chi connectivity index (χ2v) is 6.62. The largest absolute Gasteiger partial charge is 0.364 e. The summed E-state index contributed by atoms with van der Waals surface area (Å²) >= 11 is 0. The van der Waals surface area contributed by atoms with Crippen molar-refractivity contribution in [1.82, 2.24) is 5.32 Å². The zero-order chi connectivity index (χ0) is 16.2. The van der Waals surface area contributed by atoms with E-state index in [1.165, 1.54) is 5.56 Å². The summed E-state index contributed by atoms with van der Waals surface area (Å²) in [5.74, 6) is -0.00759. The molecule has 1 aliphatic heterocycles. The van der Waals surface area contributed by atoms with Crippen LogP contribution < -0.4 is 11.1 Å². The molecule has 4 nitrogen and oxygen atoms in total. The van der Waals surface area contributed by atoms with E-state index in [9.17, 15) is 4.79 Å². The van der Waals surface area contributed by atoms with Gasteiger partial charge in [0, 0.05) is 18.0 Å². The quantitative estimate of drug-likeness (QED) is 0.837. The predicted octanol–water partition coefficient (Wildman–Crippen LogP) is 2.79. The average Bonchev–Trinajstić information content (AvgIpc) is 3.02. The van der Waals surface area contributed by atoms with Gasteiger partial charge in [-0.3, -0.25) is 4.79 Å². The Labute approximate surface area is 145 Å². The minimum absolute atomic E-state index is 0. The summed E-state index contributed by atoms with van der Waals surface area (Å²) in [6, 6.07) is 10.4. The van der Waals surface area contributed by atoms with Crippen molar-refractivity contribution in [3.05, 3.63) is 35.9 Å². The number of benzene rings is 1. The summed E-state index contributed by atoms with van der Waals surface area (Å²) in [5, 5.41) is 3.19. The zero-order valence-electron chi connectivity index (χ0n) is 14.2. The highest BCUT2D eigenvalue weighted by Gasteiger charge is 2.35. The topological polar surface area (TPSA) is 64.4 Å². The second-order valence-electron chi connectivity index (χ2n) is 6.62. The molecule has 5 heteroatoms. The lowest BCUT2D eigenvalue weighted by Crippen LogP contribution is -2.50. The molecule has 0 spiro atoms. The van der Waals surface area contributed by atoms with Crippen molar-refractivity contribution in [3.8, 4) is 0 Å². The lowest BCUT2D eigenvalue weighted by molar-refractivity contribution is -0.133. The molecule has 2 rings (SSSR count). The van der Waals surface area contributed by atoms with Crippen molar-refractivity contribution < 1.29 is 9.53 Å². The molecule has 1 aliphatic rings. The fourth-order valence-corrected chi connectivity index (χ4v) is 3.20. The predicted molar refractivity (Wildman–Crippen MR) is 95.9 cm³/mol. The van der Waals surface area contributed by atoms with Crippen molar-refractivity contribution in [1.29, 1.82) is 0 Å². The molecule has 1 amide bonds. The summed E-state index contributed by atoms with van der Waals surface area (Å²) in [6.45, 7) is 6.94. The van der Waals surface area contributed by atoms with E-state index in [-0.39, 0.29) is 42.0 Å². The van der Waals surface area contributed by atoms with Gasteiger partial charge in [0.25, 0.3) is 0 Å². The van der Waals surface area contributed by atoms with Crippen molar-refractivity contribution >= 4 is 18.3 Å². The maximum absolute atomic E-state index is 12.5. The standard InChI is InChI=1S/C18H28N2O2.ClH/c1-4-16(18(2,3)13-8-6-5-7-9-13)20-17(21)15-11-10-14(12-19)22-15;/h5-9,14-16H,4,10-12,19H2,1-3H3,(H,20,21);1H/t14-,15+,16?;/m1./s1. The Morgan fingerprint density at radius 2 is 2.00 bits per heavy atom. The Kier molecular flexibility index (Phi) is 7.52. The first-order chi connectivity index (χ1) is 10.5. The summed E-state index contributed by atoms with van der Waals surface area (Å²) < 4.78 is 5.70. The van der Waals surface area contributed by atoms with Crippen LogP contribution in [0.1, 0.15) is 45.6 Å². The molecule has 1 unspecified atom stereocenters. The van der Waals surface area contributed by atoms with Crippen molar-refractivity contribution in [2.45, 2.75) is 63.7 Å². The first-order valence-electron chi connectivity index (χ1n) is 8.20. The van der Waals surface area contributed by atoms with Gasteiger partial charge in [-0.2, -0.15) is 0 Å². The van der Waals surface area contributed by atoms with E-state index in [4.69, 9.17) is 10.5 Å². The molecule has 0 bridgehead atoms. The van der Waals surface area contributed by atoms with Gasteiger partial charge in [-0.25, -0.2) is 0 Å². The monoisotopic (exact) mass is 340 g/mol. The van der Waals surface area contributed by atoms with Crippen LogP contribution in [0.15, 0.2) is 30.3 Å². The molecule has 0 saturated carbocycles. The van der Waals surface area contributed by atoms with Crippen LogP contribution in [0, 0.1) is 0 Å². The van der Waals surface area contributed by atoms with E-state index in [0.29, 0.717) is 6.54 Å². The Morgan fingerprint density at radius 3 is 2.52 bits per heavy atom. The normalized spacial score (nSPS) is 22.3. The van der Waals surface area contributed by atoms with Crippen LogP contribution in [0.25, 0.3) is 0 Å². The SMILES string of the molecule is CCC(NC(=O)[C@@H]1CC[C@H](CN)O1)C(C)(C)c1ccccc1.Cl. The number of hydrogen-bond donors (Lipinski definition) is 2. The minimum atomic E-state index is -0.353. The van der Waals surface area contributed by atoms with Crippen molar-refractivity contribution in [2.75, 3.05) is 6.54 Å². The van der Waals surface area contributed by atoms with Gasteiger partial charge in [-0.15, -0.1) is 12.4 Å². The molecule has 23 heavy (non-hydrogen) atoms. The lowest BCUT2D eigenvalue weighted by atomic mass is 9.76. The Bertz CT molecular complexity index is 493. The fourth-order valence-electron chi connectivity index (χ4n) is 3.20. The van der Waals surface area contributed by atoms with Crippen molar-refractivity contribution in [3.63, 3.8) is 0 Å². The van der Waals surface area contributed by atoms with E-state index in [0.717, 1.165) is 19.3 Å². The number of halogens is 1. The van der Waals surface area contributed by atoms with E-state index in [2.05, 4.69) is 38.2 Å². The molecular weight excluding hydrogens is 312 g/mol. The third-order valence-corrected chi connectivity index (χ3v) is 4.78. The third kappa shape index (κ3) is 4.69. The highest BCUT2D eigenvalue weighted by Crippen LogP contribution is 2.29. The molecule has 0 radical (unpaired) electrons. The minimum Gasteiger partial charge on any atom is -0.364 e. The summed E-state index contributed by atoms with van der Waals surface area (Å²) in [7, 11) is 0. The number of ether oxygens (including phenoxy) is 1. The van der Waals surface area contributed by atoms with Crippen LogP contribution in [-0.4, -0.2) is 30.7 Å². The van der Waals surface area contributed by atoms with Crippen LogP contribution in [0.4, 0.5) is 0 Å². The van der Waals surface area contributed by atoms with Crippen LogP contribution >= 0.6 is 12.4 Å². The summed E-state index contributed by atoms with van der Waals surface area (Å²) in [5.41, 5.74) is 6.72. The lowest BCUT2D eigenvalue weighted by Gasteiger charge is -2.35. The summed E-state index contributed by atoms with van der Waals surface area (Å²) in [4.78, 5) is 12.5. The molecule has 1 aromatic carbocycles. The Morgan fingerprint density at radius 1 is 1.35 bits per heavy atom. The first kappa shape index (κ1) is 19.9. The van der Waals surface area contributed by atoms with Gasteiger partial charge in [0.2, 0.25) is 5.91 Å². The molecule has 0 aromatic heterocycles. The summed E-state index contributed by atoms with van der Waals surface area (Å²) in [6.07, 6.45) is 2.18. The molecule has 130 valence electrons. The molecule has 1 heterocycles. The van der Waals surface area contributed by atoms with Crippen LogP contribution in [0.5, 0.6) is 0 Å². The van der Waals surface area contributed by atoms with E-state index in [1.54, 1.807) is 0 Å².